The molecule has 0 bridgehead atoms. The highest BCUT2D eigenvalue weighted by Gasteiger charge is 2.37. The molecule has 1 aromatic rings. The number of aryl methyl sites for hydroxylation is 1. The number of nitrogens with one attached hydrogen (secondary N) is 1. The van der Waals surface area contributed by atoms with E-state index in [-0.39, 0.29) is 5.91 Å². The van der Waals surface area contributed by atoms with Crippen LogP contribution >= 0.6 is 11.8 Å². The van der Waals surface area contributed by atoms with Gasteiger partial charge in [-0.15, -0.1) is 11.8 Å². The van der Waals surface area contributed by atoms with Crippen molar-refractivity contribution in [1.82, 2.24) is 4.90 Å². The third-order valence-electron chi connectivity index (χ3n) is 3.27. The Kier molecular flexibility index (Phi) is 5.19. The molecule has 1 saturated heterocycles. The number of benzene rings is 1. The second-order valence-electron chi connectivity index (χ2n) is 6.41. The van der Waals surface area contributed by atoms with Crippen LogP contribution in [0.2, 0.25) is 0 Å². The highest BCUT2D eigenvalue weighted by Crippen LogP contribution is 2.25. The van der Waals surface area contributed by atoms with Gasteiger partial charge in [-0.1, -0.05) is 6.07 Å². The Labute approximate surface area is 139 Å². The minimum atomic E-state index is -0.627. The summed E-state index contributed by atoms with van der Waals surface area (Å²) in [6.07, 6.45) is -0.515. The minimum absolute atomic E-state index is 0.338. The first-order chi connectivity index (χ1) is 10.7. The van der Waals surface area contributed by atoms with Gasteiger partial charge in [0.1, 0.15) is 17.5 Å². The maximum Gasteiger partial charge on any atom is 0.411 e. The van der Waals surface area contributed by atoms with E-state index < -0.39 is 23.6 Å². The van der Waals surface area contributed by atoms with Crippen LogP contribution in [0.3, 0.4) is 0 Å². The van der Waals surface area contributed by atoms with Crippen LogP contribution in [0.4, 0.5) is 14.9 Å². The molecule has 1 unspecified atom stereocenters. The number of carbonyl (C=O) groups excluding carboxylic acids is 2. The van der Waals surface area contributed by atoms with Gasteiger partial charge in [-0.25, -0.2) is 9.18 Å². The molecule has 1 N–H and O–H groups in total. The SMILES string of the molecule is Cc1ccc(F)cc1NC(=O)C1CSCN1C(=O)OC(C)(C)C. The van der Waals surface area contributed by atoms with E-state index in [9.17, 15) is 14.0 Å². The third-order valence-corrected chi connectivity index (χ3v) is 4.28. The molecule has 23 heavy (non-hydrogen) atoms. The number of rotatable bonds is 2. The van der Waals surface area contributed by atoms with Crippen LogP contribution in [-0.4, -0.2) is 40.2 Å². The van der Waals surface area contributed by atoms with Crippen LogP contribution in [0.15, 0.2) is 18.2 Å². The Balaban J connectivity index is 2.08. The number of halogens is 1. The van der Waals surface area contributed by atoms with Crippen molar-refractivity contribution in [3.05, 3.63) is 29.6 Å². The summed E-state index contributed by atoms with van der Waals surface area (Å²) in [6.45, 7) is 7.11. The van der Waals surface area contributed by atoms with Gasteiger partial charge < -0.3 is 10.1 Å². The third kappa shape index (κ3) is 4.60. The Hall–Kier alpha value is -1.76. The lowest BCUT2D eigenvalue weighted by molar-refractivity contribution is -0.120. The molecule has 2 amide bonds. The standard InChI is InChI=1S/C16H21FN2O3S/c1-10-5-6-11(17)7-12(10)18-14(20)13-8-23-9-19(13)15(21)22-16(2,3)4/h5-7,13H,8-9H2,1-4H3,(H,18,20). The van der Waals surface area contributed by atoms with E-state index in [1.165, 1.54) is 28.8 Å². The number of carbonyl (C=O) groups is 2. The molecule has 1 aromatic carbocycles. The van der Waals surface area contributed by atoms with Gasteiger partial charge >= 0.3 is 6.09 Å². The largest absolute Gasteiger partial charge is 0.444 e. The van der Waals surface area contributed by atoms with Crippen LogP contribution in [0.1, 0.15) is 26.3 Å². The van der Waals surface area contributed by atoms with E-state index in [1.807, 2.05) is 0 Å². The number of thioether (sulfide) groups is 1. The second kappa shape index (κ2) is 6.78. The molecule has 0 aromatic heterocycles. The topological polar surface area (TPSA) is 58.6 Å². The number of hydrogen-bond acceptors (Lipinski definition) is 4. The normalized spacial score (nSPS) is 18.0. The maximum atomic E-state index is 13.3. The van der Waals surface area contributed by atoms with Gasteiger partial charge in [-0.3, -0.25) is 9.69 Å². The minimum Gasteiger partial charge on any atom is -0.444 e. The van der Waals surface area contributed by atoms with Gasteiger partial charge in [0.25, 0.3) is 0 Å². The summed E-state index contributed by atoms with van der Waals surface area (Å²) in [5.41, 5.74) is 0.551. The molecule has 0 aliphatic carbocycles. The zero-order chi connectivity index (χ0) is 17.2. The zero-order valence-corrected chi connectivity index (χ0v) is 14.5. The van der Waals surface area contributed by atoms with Crippen LogP contribution < -0.4 is 5.32 Å². The lowest BCUT2D eigenvalue weighted by atomic mass is 10.2. The molecule has 1 heterocycles. The summed E-state index contributed by atoms with van der Waals surface area (Å²) >= 11 is 1.48. The monoisotopic (exact) mass is 340 g/mol. The molecule has 7 heteroatoms. The average Bonchev–Trinajstić information content (AvgIpc) is 2.90. The number of hydrogen-bond donors (Lipinski definition) is 1. The van der Waals surface area contributed by atoms with Crippen molar-refractivity contribution < 1.29 is 18.7 Å². The molecule has 5 nitrogen and oxygen atoms in total. The molecular formula is C16H21FN2O3S. The number of amides is 2. The zero-order valence-electron chi connectivity index (χ0n) is 13.7. The van der Waals surface area contributed by atoms with Crippen molar-refractivity contribution in [2.24, 2.45) is 0 Å². The first kappa shape index (κ1) is 17.6. The molecule has 0 saturated carbocycles. The molecule has 1 aliphatic heterocycles. The van der Waals surface area contributed by atoms with Crippen molar-refractivity contribution in [3.8, 4) is 0 Å². The first-order valence-electron chi connectivity index (χ1n) is 7.32. The summed E-state index contributed by atoms with van der Waals surface area (Å²) in [5.74, 6) is 0.124. The Bertz CT molecular complexity index is 616. The highest BCUT2D eigenvalue weighted by molar-refractivity contribution is 7.99. The molecular weight excluding hydrogens is 319 g/mol. The maximum absolute atomic E-state index is 13.3. The van der Waals surface area contributed by atoms with Gasteiger partial charge in [0.05, 0.1) is 5.88 Å². The van der Waals surface area contributed by atoms with Gasteiger partial charge in [0, 0.05) is 11.4 Å². The van der Waals surface area contributed by atoms with Crippen molar-refractivity contribution in [2.75, 3.05) is 16.9 Å². The van der Waals surface area contributed by atoms with Crippen molar-refractivity contribution >= 4 is 29.4 Å². The van der Waals surface area contributed by atoms with Gasteiger partial charge in [0.2, 0.25) is 5.91 Å². The number of anilines is 1. The quantitative estimate of drug-likeness (QED) is 0.897. The van der Waals surface area contributed by atoms with E-state index in [0.717, 1.165) is 5.56 Å². The first-order valence-corrected chi connectivity index (χ1v) is 8.47. The molecule has 0 spiro atoms. The van der Waals surface area contributed by atoms with Crippen LogP contribution in [-0.2, 0) is 9.53 Å². The smallest absolute Gasteiger partial charge is 0.411 e. The Morgan fingerprint density at radius 2 is 2.09 bits per heavy atom. The summed E-state index contributed by atoms with van der Waals surface area (Å²) in [4.78, 5) is 26.1. The van der Waals surface area contributed by atoms with E-state index >= 15 is 0 Å². The Morgan fingerprint density at radius 3 is 2.74 bits per heavy atom. The second-order valence-corrected chi connectivity index (χ2v) is 7.41. The lowest BCUT2D eigenvalue weighted by Gasteiger charge is -2.27. The van der Waals surface area contributed by atoms with E-state index in [2.05, 4.69) is 5.32 Å². The lowest BCUT2D eigenvalue weighted by Crippen LogP contribution is -2.46. The summed E-state index contributed by atoms with van der Waals surface area (Å²) < 4.78 is 18.7. The van der Waals surface area contributed by atoms with Crippen molar-refractivity contribution in [3.63, 3.8) is 0 Å². The fourth-order valence-corrected chi connectivity index (χ4v) is 3.25. The fourth-order valence-electron chi connectivity index (χ4n) is 2.11. The van der Waals surface area contributed by atoms with Crippen molar-refractivity contribution in [1.29, 1.82) is 0 Å². The van der Waals surface area contributed by atoms with Crippen LogP contribution in [0.5, 0.6) is 0 Å². The summed E-state index contributed by atoms with van der Waals surface area (Å²) in [6, 6.07) is 3.58. The van der Waals surface area contributed by atoms with Gasteiger partial charge in [-0.2, -0.15) is 0 Å². The number of ether oxygens (including phenoxy) is 1. The number of nitrogens with zero attached hydrogens (tertiary/aromatic N) is 1. The summed E-state index contributed by atoms with van der Waals surface area (Å²) in [7, 11) is 0. The fraction of sp³-hybridized carbons (Fsp3) is 0.500. The molecule has 126 valence electrons. The van der Waals surface area contributed by atoms with Gasteiger partial charge in [0.15, 0.2) is 0 Å². The predicted octanol–water partition coefficient (Wildman–Crippen LogP) is 3.38. The predicted molar refractivity (Wildman–Crippen MR) is 89.0 cm³/mol. The van der Waals surface area contributed by atoms with E-state index in [4.69, 9.17) is 4.74 Å². The Morgan fingerprint density at radius 1 is 1.39 bits per heavy atom. The van der Waals surface area contributed by atoms with Gasteiger partial charge in [-0.05, 0) is 45.4 Å². The van der Waals surface area contributed by atoms with Crippen LogP contribution in [0.25, 0.3) is 0 Å². The molecule has 1 atom stereocenters. The summed E-state index contributed by atoms with van der Waals surface area (Å²) in [5, 5.41) is 2.70. The van der Waals surface area contributed by atoms with E-state index in [0.29, 0.717) is 17.3 Å². The van der Waals surface area contributed by atoms with E-state index in [1.54, 1.807) is 33.8 Å². The highest BCUT2D eigenvalue weighted by atomic mass is 32.2. The average molecular weight is 340 g/mol. The molecule has 2 rings (SSSR count). The van der Waals surface area contributed by atoms with Crippen molar-refractivity contribution in [2.45, 2.75) is 39.3 Å². The molecule has 1 aliphatic rings. The molecule has 0 radical (unpaired) electrons. The molecule has 1 fully saturated rings. The van der Waals surface area contributed by atoms with Crippen LogP contribution in [0, 0.1) is 12.7 Å².